The number of aliphatic hydroxyl groups is 1. The first kappa shape index (κ1) is 10.3. The minimum Gasteiger partial charge on any atom is -0.384 e. The molecule has 0 aliphatic carbocycles. The Morgan fingerprint density at radius 1 is 1.55 bits per heavy atom. The van der Waals surface area contributed by atoms with Gasteiger partial charge < -0.3 is 5.11 Å². The van der Waals surface area contributed by atoms with E-state index in [1.54, 1.807) is 0 Å². The van der Waals surface area contributed by atoms with Crippen LogP contribution in [-0.2, 0) is 0 Å². The summed E-state index contributed by atoms with van der Waals surface area (Å²) in [6, 6.07) is 0. The van der Waals surface area contributed by atoms with Crippen molar-refractivity contribution >= 4 is 0 Å². The molecule has 0 aliphatic rings. The summed E-state index contributed by atoms with van der Waals surface area (Å²) in [5.41, 5.74) is 0. The summed E-state index contributed by atoms with van der Waals surface area (Å²) in [7, 11) is 0. The van der Waals surface area contributed by atoms with Crippen LogP contribution in [0.2, 0.25) is 0 Å². The maximum Gasteiger partial charge on any atom is 0.104 e. The molecule has 62 valence electrons. The van der Waals surface area contributed by atoms with Gasteiger partial charge in [0.15, 0.2) is 0 Å². The standard InChI is InChI=1S/C10H16O/c1-3-4-5-7-10(2)8-6-9-11/h3-4,10-11H,5,7,9H2,1-2H3/b4-3+/t10-/m1/s1. The summed E-state index contributed by atoms with van der Waals surface area (Å²) in [6.45, 7) is 4.07. The van der Waals surface area contributed by atoms with Crippen LogP contribution in [0.25, 0.3) is 0 Å². The first-order valence-electron chi connectivity index (χ1n) is 4.01. The van der Waals surface area contributed by atoms with Crippen LogP contribution in [0.3, 0.4) is 0 Å². The van der Waals surface area contributed by atoms with Crippen LogP contribution in [0, 0.1) is 17.8 Å². The molecule has 0 aromatic rings. The van der Waals surface area contributed by atoms with Gasteiger partial charge in [-0.3, -0.25) is 0 Å². The Hall–Kier alpha value is -0.740. The molecule has 1 nitrogen and oxygen atoms in total. The zero-order valence-electron chi connectivity index (χ0n) is 7.30. The largest absolute Gasteiger partial charge is 0.384 e. The second-order valence-electron chi connectivity index (χ2n) is 2.53. The molecular weight excluding hydrogens is 136 g/mol. The molecule has 0 spiro atoms. The molecular formula is C10H16O. The van der Waals surface area contributed by atoms with Gasteiger partial charge in [-0.15, -0.1) is 0 Å². The third-order valence-corrected chi connectivity index (χ3v) is 1.43. The van der Waals surface area contributed by atoms with Gasteiger partial charge in [0.2, 0.25) is 0 Å². The third-order valence-electron chi connectivity index (χ3n) is 1.43. The molecule has 0 bridgehead atoms. The molecule has 0 saturated carbocycles. The number of allylic oxidation sites excluding steroid dienone is 2. The normalized spacial score (nSPS) is 12.6. The minimum atomic E-state index is -0.0199. The van der Waals surface area contributed by atoms with Crippen molar-refractivity contribution in [1.82, 2.24) is 0 Å². The van der Waals surface area contributed by atoms with E-state index in [0.717, 1.165) is 12.8 Å². The average molecular weight is 152 g/mol. The Kier molecular flexibility index (Phi) is 6.87. The number of rotatable bonds is 3. The summed E-state index contributed by atoms with van der Waals surface area (Å²) >= 11 is 0. The van der Waals surface area contributed by atoms with Crippen molar-refractivity contribution in [3.63, 3.8) is 0 Å². The fraction of sp³-hybridized carbons (Fsp3) is 0.600. The number of hydrogen-bond acceptors (Lipinski definition) is 1. The van der Waals surface area contributed by atoms with Gasteiger partial charge in [-0.05, 0) is 19.8 Å². The summed E-state index contributed by atoms with van der Waals surface area (Å²) in [6.07, 6.45) is 6.35. The lowest BCUT2D eigenvalue weighted by Gasteiger charge is -1.98. The smallest absolute Gasteiger partial charge is 0.104 e. The minimum absolute atomic E-state index is 0.0199. The molecule has 0 aliphatic heterocycles. The van der Waals surface area contributed by atoms with Crippen molar-refractivity contribution in [2.75, 3.05) is 6.61 Å². The van der Waals surface area contributed by atoms with E-state index in [1.165, 1.54) is 0 Å². The van der Waals surface area contributed by atoms with Crippen LogP contribution in [0.4, 0.5) is 0 Å². The molecule has 0 amide bonds. The lowest BCUT2D eigenvalue weighted by molar-refractivity contribution is 0.350. The van der Waals surface area contributed by atoms with Crippen LogP contribution in [-0.4, -0.2) is 11.7 Å². The first-order valence-corrected chi connectivity index (χ1v) is 4.01. The van der Waals surface area contributed by atoms with E-state index in [4.69, 9.17) is 5.11 Å². The van der Waals surface area contributed by atoms with Crippen molar-refractivity contribution in [3.05, 3.63) is 12.2 Å². The highest BCUT2D eigenvalue weighted by atomic mass is 16.2. The summed E-state index contributed by atoms with van der Waals surface area (Å²) in [4.78, 5) is 0. The van der Waals surface area contributed by atoms with Crippen LogP contribution >= 0.6 is 0 Å². The lowest BCUT2D eigenvalue weighted by atomic mass is 10.1. The zero-order chi connectivity index (χ0) is 8.53. The highest BCUT2D eigenvalue weighted by Gasteiger charge is 1.92. The van der Waals surface area contributed by atoms with Crippen molar-refractivity contribution in [1.29, 1.82) is 0 Å². The molecule has 0 fully saturated rings. The van der Waals surface area contributed by atoms with Gasteiger partial charge in [-0.1, -0.05) is 30.9 Å². The van der Waals surface area contributed by atoms with E-state index < -0.39 is 0 Å². The molecule has 0 unspecified atom stereocenters. The summed E-state index contributed by atoms with van der Waals surface area (Å²) < 4.78 is 0. The predicted octanol–water partition coefficient (Wildman–Crippen LogP) is 1.97. The van der Waals surface area contributed by atoms with E-state index in [2.05, 4.69) is 24.8 Å². The Bertz CT molecular complexity index is 159. The quantitative estimate of drug-likeness (QED) is 0.484. The van der Waals surface area contributed by atoms with Crippen LogP contribution in [0.5, 0.6) is 0 Å². The van der Waals surface area contributed by atoms with Crippen molar-refractivity contribution in [3.8, 4) is 11.8 Å². The molecule has 11 heavy (non-hydrogen) atoms. The second-order valence-corrected chi connectivity index (χ2v) is 2.53. The van der Waals surface area contributed by atoms with Gasteiger partial charge in [0.05, 0.1) is 0 Å². The van der Waals surface area contributed by atoms with Crippen molar-refractivity contribution in [2.45, 2.75) is 26.7 Å². The summed E-state index contributed by atoms with van der Waals surface area (Å²) in [5.74, 6) is 6.01. The maximum absolute atomic E-state index is 8.40. The first-order chi connectivity index (χ1) is 5.31. The Labute approximate surface area is 69.1 Å². The second kappa shape index (κ2) is 7.37. The average Bonchev–Trinajstić information content (AvgIpc) is 2.01. The predicted molar refractivity (Wildman–Crippen MR) is 48.1 cm³/mol. The lowest BCUT2D eigenvalue weighted by Crippen LogP contribution is -1.89. The van der Waals surface area contributed by atoms with E-state index >= 15 is 0 Å². The van der Waals surface area contributed by atoms with Crippen LogP contribution in [0.15, 0.2) is 12.2 Å². The topological polar surface area (TPSA) is 20.2 Å². The third kappa shape index (κ3) is 7.15. The fourth-order valence-electron chi connectivity index (χ4n) is 0.805. The van der Waals surface area contributed by atoms with E-state index in [-0.39, 0.29) is 6.61 Å². The molecule has 0 aromatic carbocycles. The van der Waals surface area contributed by atoms with Gasteiger partial charge >= 0.3 is 0 Å². The van der Waals surface area contributed by atoms with Crippen LogP contribution < -0.4 is 0 Å². The van der Waals surface area contributed by atoms with E-state index in [1.807, 2.05) is 13.0 Å². The highest BCUT2D eigenvalue weighted by Crippen LogP contribution is 2.03. The van der Waals surface area contributed by atoms with Gasteiger partial charge in [0.1, 0.15) is 6.61 Å². The molecule has 0 rings (SSSR count). The monoisotopic (exact) mass is 152 g/mol. The van der Waals surface area contributed by atoms with Gasteiger partial charge in [-0.25, -0.2) is 0 Å². The molecule has 1 heteroatoms. The molecule has 0 saturated heterocycles. The Morgan fingerprint density at radius 3 is 2.82 bits per heavy atom. The van der Waals surface area contributed by atoms with Crippen molar-refractivity contribution < 1.29 is 5.11 Å². The van der Waals surface area contributed by atoms with Gasteiger partial charge in [-0.2, -0.15) is 0 Å². The molecule has 1 N–H and O–H groups in total. The molecule has 0 heterocycles. The van der Waals surface area contributed by atoms with Gasteiger partial charge in [0, 0.05) is 5.92 Å². The van der Waals surface area contributed by atoms with E-state index in [9.17, 15) is 0 Å². The fourth-order valence-corrected chi connectivity index (χ4v) is 0.805. The highest BCUT2D eigenvalue weighted by molar-refractivity contribution is 5.02. The number of aliphatic hydroxyl groups excluding tert-OH is 1. The maximum atomic E-state index is 8.40. The van der Waals surface area contributed by atoms with Crippen LogP contribution in [0.1, 0.15) is 26.7 Å². The van der Waals surface area contributed by atoms with E-state index in [0.29, 0.717) is 5.92 Å². The van der Waals surface area contributed by atoms with Crippen molar-refractivity contribution in [2.24, 2.45) is 5.92 Å². The SMILES string of the molecule is C/C=C/CC[C@@H](C)C#CCO. The molecule has 1 atom stereocenters. The number of hydrogen-bond donors (Lipinski definition) is 1. The molecule has 0 radical (unpaired) electrons. The van der Waals surface area contributed by atoms with Gasteiger partial charge in [0.25, 0.3) is 0 Å². The Balaban J connectivity index is 3.44. The summed E-state index contributed by atoms with van der Waals surface area (Å²) in [5, 5.41) is 8.40. The molecule has 0 aromatic heterocycles. The zero-order valence-corrected chi connectivity index (χ0v) is 7.30. The Morgan fingerprint density at radius 2 is 2.27 bits per heavy atom.